The lowest BCUT2D eigenvalue weighted by Crippen LogP contribution is -2.12. The molecule has 0 atom stereocenters. The van der Waals surface area contributed by atoms with Gasteiger partial charge in [0.25, 0.3) is 5.56 Å². The van der Waals surface area contributed by atoms with Crippen molar-refractivity contribution >= 4 is 17.3 Å². The van der Waals surface area contributed by atoms with Crippen LogP contribution in [-0.4, -0.2) is 20.0 Å². The first-order chi connectivity index (χ1) is 10.7. The van der Waals surface area contributed by atoms with E-state index in [0.717, 1.165) is 11.1 Å². The van der Waals surface area contributed by atoms with Crippen molar-refractivity contribution in [3.05, 3.63) is 75.4 Å². The predicted molar refractivity (Wildman–Crippen MR) is 85.0 cm³/mol. The molecule has 0 fully saturated rings. The summed E-state index contributed by atoms with van der Waals surface area (Å²) in [7, 11) is 0. The summed E-state index contributed by atoms with van der Waals surface area (Å²) in [6.07, 6.45) is 5.17. The van der Waals surface area contributed by atoms with Crippen molar-refractivity contribution in [2.75, 3.05) is 5.32 Å². The predicted octanol–water partition coefficient (Wildman–Crippen LogP) is 2.28. The summed E-state index contributed by atoms with van der Waals surface area (Å²) in [6, 6.07) is 9.94. The van der Waals surface area contributed by atoms with Gasteiger partial charge in [0, 0.05) is 18.9 Å². The third-order valence-electron chi connectivity index (χ3n) is 3.27. The highest BCUT2D eigenvalue weighted by molar-refractivity contribution is 6.32. The molecule has 7 heteroatoms. The maximum absolute atomic E-state index is 11.4. The van der Waals surface area contributed by atoms with Crippen LogP contribution in [0.1, 0.15) is 11.1 Å². The molecule has 0 spiro atoms. The zero-order valence-corrected chi connectivity index (χ0v) is 12.4. The Morgan fingerprint density at radius 1 is 1.23 bits per heavy atom. The lowest BCUT2D eigenvalue weighted by Gasteiger charge is -2.12. The van der Waals surface area contributed by atoms with Gasteiger partial charge < -0.3 is 5.32 Å². The molecule has 6 nitrogen and oxygen atoms in total. The van der Waals surface area contributed by atoms with E-state index < -0.39 is 5.56 Å². The van der Waals surface area contributed by atoms with Gasteiger partial charge in [0.15, 0.2) is 0 Å². The van der Waals surface area contributed by atoms with Crippen LogP contribution in [-0.2, 0) is 13.1 Å². The van der Waals surface area contributed by atoms with Gasteiger partial charge in [0.05, 0.1) is 18.4 Å². The molecule has 112 valence electrons. The second-order valence-electron chi connectivity index (χ2n) is 4.75. The van der Waals surface area contributed by atoms with Crippen LogP contribution in [0.4, 0.5) is 5.69 Å². The van der Waals surface area contributed by atoms with Gasteiger partial charge in [-0.15, -0.1) is 0 Å². The zero-order valence-electron chi connectivity index (χ0n) is 11.7. The summed E-state index contributed by atoms with van der Waals surface area (Å²) in [5.41, 5.74) is 2.36. The van der Waals surface area contributed by atoms with Gasteiger partial charge in [0.2, 0.25) is 0 Å². The minimum absolute atomic E-state index is 0.111. The number of hydrogen-bond donors (Lipinski definition) is 2. The SMILES string of the molecule is O=c1[nH]ncc(NCc2ccccc2Cn2cccn2)c1Cl. The number of H-pyrrole nitrogens is 1. The van der Waals surface area contributed by atoms with Crippen LogP contribution in [0.15, 0.2) is 53.7 Å². The van der Waals surface area contributed by atoms with Crippen LogP contribution in [0, 0.1) is 0 Å². The van der Waals surface area contributed by atoms with E-state index >= 15 is 0 Å². The number of hydrogen-bond acceptors (Lipinski definition) is 4. The van der Waals surface area contributed by atoms with Crippen LogP contribution in [0.5, 0.6) is 0 Å². The quantitative estimate of drug-likeness (QED) is 0.757. The van der Waals surface area contributed by atoms with Crippen LogP contribution >= 0.6 is 11.6 Å². The van der Waals surface area contributed by atoms with Gasteiger partial charge in [-0.25, -0.2) is 5.10 Å². The smallest absolute Gasteiger partial charge is 0.285 e. The lowest BCUT2D eigenvalue weighted by molar-refractivity contribution is 0.682. The van der Waals surface area contributed by atoms with E-state index in [-0.39, 0.29) is 5.02 Å². The molecule has 2 N–H and O–H groups in total. The van der Waals surface area contributed by atoms with Crippen molar-refractivity contribution in [3.63, 3.8) is 0 Å². The summed E-state index contributed by atoms with van der Waals surface area (Å²) in [5, 5.41) is 13.5. The van der Waals surface area contributed by atoms with E-state index in [1.165, 1.54) is 6.20 Å². The van der Waals surface area contributed by atoms with E-state index in [0.29, 0.717) is 18.8 Å². The fraction of sp³-hybridized carbons (Fsp3) is 0.133. The molecule has 0 bridgehead atoms. The van der Waals surface area contributed by atoms with Crippen molar-refractivity contribution in [2.45, 2.75) is 13.1 Å². The molecule has 3 aromatic rings. The number of halogens is 1. The molecule has 0 radical (unpaired) electrons. The maximum atomic E-state index is 11.4. The first-order valence-corrected chi connectivity index (χ1v) is 7.13. The van der Waals surface area contributed by atoms with Gasteiger partial charge in [-0.2, -0.15) is 10.2 Å². The van der Waals surface area contributed by atoms with Crippen molar-refractivity contribution in [3.8, 4) is 0 Å². The second-order valence-corrected chi connectivity index (χ2v) is 5.13. The number of aromatic nitrogens is 4. The molecule has 0 aliphatic heterocycles. The highest BCUT2D eigenvalue weighted by Crippen LogP contribution is 2.17. The van der Waals surface area contributed by atoms with E-state index in [9.17, 15) is 4.79 Å². The summed E-state index contributed by atoms with van der Waals surface area (Å²) in [6.45, 7) is 1.23. The zero-order chi connectivity index (χ0) is 15.4. The summed E-state index contributed by atoms with van der Waals surface area (Å²) >= 11 is 5.95. The van der Waals surface area contributed by atoms with E-state index in [2.05, 4.69) is 26.7 Å². The normalized spacial score (nSPS) is 10.6. The summed E-state index contributed by atoms with van der Waals surface area (Å²) < 4.78 is 1.86. The van der Waals surface area contributed by atoms with E-state index in [4.69, 9.17) is 11.6 Å². The first-order valence-electron chi connectivity index (χ1n) is 6.75. The average Bonchev–Trinajstić information content (AvgIpc) is 3.03. The number of aromatic amines is 1. The van der Waals surface area contributed by atoms with Gasteiger partial charge in [-0.1, -0.05) is 35.9 Å². The number of anilines is 1. The number of benzene rings is 1. The van der Waals surface area contributed by atoms with E-state index in [1.807, 2.05) is 35.1 Å². The Morgan fingerprint density at radius 2 is 2.05 bits per heavy atom. The Bertz CT molecular complexity index is 813. The molecule has 2 aromatic heterocycles. The minimum Gasteiger partial charge on any atom is -0.378 e. The first kappa shape index (κ1) is 14.3. The molecule has 0 aliphatic carbocycles. The molecular formula is C15H14ClN5O. The number of nitrogens with zero attached hydrogens (tertiary/aromatic N) is 3. The third kappa shape index (κ3) is 3.17. The van der Waals surface area contributed by atoms with Crippen LogP contribution in [0.3, 0.4) is 0 Å². The summed E-state index contributed by atoms with van der Waals surface area (Å²) in [4.78, 5) is 11.4. The molecule has 22 heavy (non-hydrogen) atoms. The number of rotatable bonds is 5. The average molecular weight is 316 g/mol. The van der Waals surface area contributed by atoms with Crippen molar-refractivity contribution in [2.24, 2.45) is 0 Å². The maximum Gasteiger partial charge on any atom is 0.285 e. The van der Waals surface area contributed by atoms with Gasteiger partial charge >= 0.3 is 0 Å². The molecule has 0 aliphatic rings. The highest BCUT2D eigenvalue weighted by atomic mass is 35.5. The fourth-order valence-corrected chi connectivity index (χ4v) is 2.31. The third-order valence-corrected chi connectivity index (χ3v) is 3.65. The minimum atomic E-state index is -0.406. The van der Waals surface area contributed by atoms with Gasteiger partial charge in [-0.3, -0.25) is 9.48 Å². The monoisotopic (exact) mass is 315 g/mol. The largest absolute Gasteiger partial charge is 0.378 e. The molecule has 0 unspecified atom stereocenters. The molecular weight excluding hydrogens is 302 g/mol. The molecule has 0 amide bonds. The van der Waals surface area contributed by atoms with Crippen molar-refractivity contribution in [1.82, 2.24) is 20.0 Å². The van der Waals surface area contributed by atoms with Crippen LogP contribution < -0.4 is 10.9 Å². The fourth-order valence-electron chi connectivity index (χ4n) is 2.15. The molecule has 2 heterocycles. The van der Waals surface area contributed by atoms with Crippen LogP contribution in [0.2, 0.25) is 5.02 Å². The Balaban J connectivity index is 1.78. The van der Waals surface area contributed by atoms with Crippen molar-refractivity contribution < 1.29 is 0 Å². The molecule has 0 saturated heterocycles. The molecule has 3 rings (SSSR count). The number of nitrogens with one attached hydrogen (secondary N) is 2. The molecule has 0 saturated carbocycles. The van der Waals surface area contributed by atoms with Crippen molar-refractivity contribution in [1.29, 1.82) is 0 Å². The van der Waals surface area contributed by atoms with Gasteiger partial charge in [0.1, 0.15) is 5.02 Å². The lowest BCUT2D eigenvalue weighted by atomic mass is 10.1. The van der Waals surface area contributed by atoms with Gasteiger partial charge in [-0.05, 0) is 17.2 Å². The Labute approximate surface area is 131 Å². The highest BCUT2D eigenvalue weighted by Gasteiger charge is 2.07. The Kier molecular flexibility index (Phi) is 4.20. The topological polar surface area (TPSA) is 75.6 Å². The van der Waals surface area contributed by atoms with Crippen LogP contribution in [0.25, 0.3) is 0 Å². The van der Waals surface area contributed by atoms with E-state index in [1.54, 1.807) is 6.20 Å². The Hall–Kier alpha value is -2.60. The standard InChI is InChI=1S/C15H14ClN5O/c16-14-13(9-18-20-15(14)22)17-8-11-4-1-2-5-12(11)10-21-7-3-6-19-21/h1-7,9H,8,10H2,(H2,17,20,22). The summed E-state index contributed by atoms with van der Waals surface area (Å²) in [5.74, 6) is 0. The molecule has 1 aromatic carbocycles. The Morgan fingerprint density at radius 3 is 2.82 bits per heavy atom. The second kappa shape index (κ2) is 6.44.